The van der Waals surface area contributed by atoms with E-state index in [2.05, 4.69) is 25.7 Å². The fourth-order valence-electron chi connectivity index (χ4n) is 4.58. The molecule has 0 spiro atoms. The number of fused-ring (bicyclic) bond motifs is 1. The number of nitrogens with one attached hydrogen (secondary N) is 2. The van der Waals surface area contributed by atoms with E-state index >= 15 is 0 Å². The summed E-state index contributed by atoms with van der Waals surface area (Å²) in [5, 5.41) is 10.4. The van der Waals surface area contributed by atoms with Crippen LogP contribution in [0.5, 0.6) is 11.5 Å². The molecule has 1 aliphatic carbocycles. The molecule has 2 unspecified atom stereocenters. The topological polar surface area (TPSA) is 102 Å². The van der Waals surface area contributed by atoms with Gasteiger partial charge in [0, 0.05) is 24.2 Å². The second-order valence-electron chi connectivity index (χ2n) is 8.36. The molecule has 9 heteroatoms. The van der Waals surface area contributed by atoms with Crippen LogP contribution in [0.25, 0.3) is 11.4 Å². The van der Waals surface area contributed by atoms with Crippen LogP contribution in [-0.4, -0.2) is 53.5 Å². The number of urea groups is 1. The molecule has 2 aromatic rings. The third-order valence-corrected chi connectivity index (χ3v) is 6.18. The van der Waals surface area contributed by atoms with Crippen molar-refractivity contribution >= 4 is 6.03 Å². The monoisotopic (exact) mass is 413 g/mol. The van der Waals surface area contributed by atoms with E-state index < -0.39 is 0 Å². The predicted molar refractivity (Wildman–Crippen MR) is 108 cm³/mol. The smallest absolute Gasteiger partial charge is 0.315 e. The lowest BCUT2D eigenvalue weighted by Crippen LogP contribution is -2.47. The van der Waals surface area contributed by atoms with Crippen LogP contribution in [-0.2, 0) is 0 Å². The van der Waals surface area contributed by atoms with Crippen LogP contribution >= 0.6 is 0 Å². The Balaban J connectivity index is 1.21. The van der Waals surface area contributed by atoms with Crippen molar-refractivity contribution in [2.24, 2.45) is 0 Å². The molecule has 2 fully saturated rings. The molecular formula is C21H27N5O4. The summed E-state index contributed by atoms with van der Waals surface area (Å²) in [7, 11) is 2.01. The van der Waals surface area contributed by atoms with Crippen molar-refractivity contribution in [3.05, 3.63) is 24.1 Å². The largest absolute Gasteiger partial charge is 0.454 e. The van der Waals surface area contributed by atoms with Gasteiger partial charge in [-0.3, -0.25) is 4.90 Å². The zero-order chi connectivity index (χ0) is 20.5. The van der Waals surface area contributed by atoms with Crippen molar-refractivity contribution in [2.45, 2.75) is 56.7 Å². The van der Waals surface area contributed by atoms with E-state index in [0.717, 1.165) is 37.1 Å². The Morgan fingerprint density at radius 1 is 1.10 bits per heavy atom. The number of nitrogens with zero attached hydrogens (tertiary/aromatic N) is 3. The number of ether oxygens (including phenoxy) is 2. The number of carbonyl (C=O) groups is 1. The van der Waals surface area contributed by atoms with Gasteiger partial charge in [0.25, 0.3) is 0 Å². The lowest BCUT2D eigenvalue weighted by atomic mass is 9.96. The number of benzene rings is 1. The Hall–Kier alpha value is -2.81. The SMILES string of the molecule is CN1CC(NC(=O)NC2CCCCC2)CC1c1nc(-c2ccc3c(c2)OCO3)no1. The third kappa shape index (κ3) is 3.94. The second-order valence-corrected chi connectivity index (χ2v) is 8.36. The highest BCUT2D eigenvalue weighted by atomic mass is 16.7. The number of aromatic nitrogens is 2. The van der Waals surface area contributed by atoms with Gasteiger partial charge in [0.05, 0.1) is 6.04 Å². The van der Waals surface area contributed by atoms with Gasteiger partial charge < -0.3 is 24.6 Å². The molecule has 2 atom stereocenters. The van der Waals surface area contributed by atoms with Gasteiger partial charge in [-0.15, -0.1) is 0 Å². The van der Waals surface area contributed by atoms with Crippen LogP contribution in [0.4, 0.5) is 4.79 Å². The highest BCUT2D eigenvalue weighted by molar-refractivity contribution is 5.74. The van der Waals surface area contributed by atoms with Crippen molar-refractivity contribution in [1.82, 2.24) is 25.7 Å². The number of hydrogen-bond donors (Lipinski definition) is 2. The van der Waals surface area contributed by atoms with Crippen LogP contribution in [0.2, 0.25) is 0 Å². The minimum Gasteiger partial charge on any atom is -0.454 e. The molecular weight excluding hydrogens is 386 g/mol. The molecule has 30 heavy (non-hydrogen) atoms. The maximum absolute atomic E-state index is 12.4. The van der Waals surface area contributed by atoms with Gasteiger partial charge in [0.2, 0.25) is 18.5 Å². The quantitative estimate of drug-likeness (QED) is 0.795. The van der Waals surface area contributed by atoms with E-state index in [1.54, 1.807) is 0 Å². The first-order valence-electron chi connectivity index (χ1n) is 10.7. The molecule has 9 nitrogen and oxygen atoms in total. The third-order valence-electron chi connectivity index (χ3n) is 6.18. The molecule has 2 amide bonds. The van der Waals surface area contributed by atoms with Gasteiger partial charge >= 0.3 is 6.03 Å². The van der Waals surface area contributed by atoms with Crippen LogP contribution in [0.3, 0.4) is 0 Å². The summed E-state index contributed by atoms with van der Waals surface area (Å²) in [5.74, 6) is 2.48. The lowest BCUT2D eigenvalue weighted by Gasteiger charge is -2.24. The second kappa shape index (κ2) is 8.14. The van der Waals surface area contributed by atoms with E-state index in [1.807, 2.05) is 25.2 Å². The van der Waals surface area contributed by atoms with Crippen molar-refractivity contribution in [1.29, 1.82) is 0 Å². The minimum absolute atomic E-state index is 0.0276. The molecule has 1 aromatic carbocycles. The highest BCUT2D eigenvalue weighted by Gasteiger charge is 2.35. The summed E-state index contributed by atoms with van der Waals surface area (Å²) >= 11 is 0. The van der Waals surface area contributed by atoms with E-state index in [0.29, 0.717) is 23.5 Å². The Morgan fingerprint density at radius 2 is 1.90 bits per heavy atom. The molecule has 3 heterocycles. The molecule has 1 saturated carbocycles. The molecule has 2 aliphatic heterocycles. The normalized spacial score (nSPS) is 24.2. The summed E-state index contributed by atoms with van der Waals surface area (Å²) in [4.78, 5) is 19.1. The standard InChI is InChI=1S/C21H27N5O4/c1-26-11-15(23-21(27)22-14-5-3-2-4-6-14)10-16(26)20-24-19(25-30-20)13-7-8-17-18(9-13)29-12-28-17/h7-9,14-16H,2-6,10-12H2,1H3,(H2,22,23,27). The molecule has 0 radical (unpaired) electrons. The maximum atomic E-state index is 12.4. The van der Waals surface area contributed by atoms with E-state index in [4.69, 9.17) is 14.0 Å². The van der Waals surface area contributed by atoms with E-state index in [-0.39, 0.29) is 24.9 Å². The Bertz CT molecular complexity index is 911. The van der Waals surface area contributed by atoms with E-state index in [9.17, 15) is 4.79 Å². The first kappa shape index (κ1) is 19.2. The average molecular weight is 413 g/mol. The summed E-state index contributed by atoms with van der Waals surface area (Å²) < 4.78 is 16.3. The first-order chi connectivity index (χ1) is 14.7. The molecule has 160 valence electrons. The number of likely N-dealkylation sites (tertiary alicyclic amines) is 1. The number of rotatable bonds is 4. The molecule has 1 aromatic heterocycles. The zero-order valence-electron chi connectivity index (χ0n) is 17.1. The van der Waals surface area contributed by atoms with Crippen molar-refractivity contribution in [2.75, 3.05) is 20.4 Å². The highest BCUT2D eigenvalue weighted by Crippen LogP contribution is 2.36. The van der Waals surface area contributed by atoms with Gasteiger partial charge in [-0.2, -0.15) is 4.98 Å². The predicted octanol–water partition coefficient (Wildman–Crippen LogP) is 2.84. The van der Waals surface area contributed by atoms with Crippen LogP contribution in [0, 0.1) is 0 Å². The number of likely N-dealkylation sites (N-methyl/N-ethyl adjacent to an activating group) is 1. The summed E-state index contributed by atoms with van der Waals surface area (Å²) in [6.45, 7) is 0.969. The number of amides is 2. The molecule has 0 bridgehead atoms. The van der Waals surface area contributed by atoms with Crippen molar-refractivity contribution in [3.8, 4) is 22.9 Å². The fourth-order valence-corrected chi connectivity index (χ4v) is 4.58. The Labute approximate surface area is 175 Å². The zero-order valence-corrected chi connectivity index (χ0v) is 17.1. The Kier molecular flexibility index (Phi) is 5.20. The van der Waals surface area contributed by atoms with Crippen LogP contribution in [0.15, 0.2) is 22.7 Å². The first-order valence-corrected chi connectivity index (χ1v) is 10.7. The number of hydrogen-bond acceptors (Lipinski definition) is 7. The fraction of sp³-hybridized carbons (Fsp3) is 0.571. The summed E-state index contributed by atoms with van der Waals surface area (Å²) in [6.07, 6.45) is 6.55. The van der Waals surface area contributed by atoms with Crippen molar-refractivity contribution in [3.63, 3.8) is 0 Å². The lowest BCUT2D eigenvalue weighted by molar-refractivity contribution is 0.174. The summed E-state index contributed by atoms with van der Waals surface area (Å²) in [6, 6.07) is 5.84. The van der Waals surface area contributed by atoms with Crippen molar-refractivity contribution < 1.29 is 18.8 Å². The van der Waals surface area contributed by atoms with Gasteiger partial charge in [-0.25, -0.2) is 4.79 Å². The minimum atomic E-state index is -0.0764. The molecule has 1 saturated heterocycles. The molecule has 2 N–H and O–H groups in total. The van der Waals surface area contributed by atoms with E-state index in [1.165, 1.54) is 19.3 Å². The van der Waals surface area contributed by atoms with Gasteiger partial charge in [-0.05, 0) is 44.5 Å². The molecule has 3 aliphatic rings. The average Bonchev–Trinajstić information content (AvgIpc) is 3.47. The van der Waals surface area contributed by atoms with Gasteiger partial charge in [0.1, 0.15) is 0 Å². The number of carbonyl (C=O) groups excluding carboxylic acids is 1. The van der Waals surface area contributed by atoms with Crippen LogP contribution in [0.1, 0.15) is 50.5 Å². The van der Waals surface area contributed by atoms with Gasteiger partial charge in [-0.1, -0.05) is 24.4 Å². The Morgan fingerprint density at radius 3 is 2.77 bits per heavy atom. The summed E-state index contributed by atoms with van der Waals surface area (Å²) in [5.41, 5.74) is 0.816. The van der Waals surface area contributed by atoms with Gasteiger partial charge in [0.15, 0.2) is 11.5 Å². The van der Waals surface area contributed by atoms with Crippen LogP contribution < -0.4 is 20.1 Å². The molecule has 5 rings (SSSR count). The maximum Gasteiger partial charge on any atom is 0.315 e.